The number of carboxylic acid groups (broad SMARTS) is 2. The minimum Gasteiger partial charge on any atom is -0.488 e. The number of β-amino-alcohol motifs (C(OH)–C–C–N with tert-alkyl or cyclic N) is 1. The van der Waals surface area contributed by atoms with Gasteiger partial charge in [0.15, 0.2) is 9.84 Å². The minimum absolute atomic E-state index is 0.0257. The van der Waals surface area contributed by atoms with Gasteiger partial charge in [-0.25, -0.2) is 8.42 Å². The number of benzene rings is 2. The first-order valence-corrected chi connectivity index (χ1v) is 21.8. The second kappa shape index (κ2) is 18.3. The summed E-state index contributed by atoms with van der Waals surface area (Å²) in [4.78, 5) is 31.8. The summed E-state index contributed by atoms with van der Waals surface area (Å²) in [6.07, 6.45) is 11.8. The molecule has 3 N–H and O–H groups in total. The van der Waals surface area contributed by atoms with Gasteiger partial charge in [0, 0.05) is 74.0 Å². The van der Waals surface area contributed by atoms with Gasteiger partial charge in [-0.2, -0.15) is 0 Å². The van der Waals surface area contributed by atoms with E-state index in [0.29, 0.717) is 60.2 Å². The summed E-state index contributed by atoms with van der Waals surface area (Å²) in [5.41, 5.74) is 1.59. The van der Waals surface area contributed by atoms with Gasteiger partial charge in [-0.3, -0.25) is 24.4 Å². The van der Waals surface area contributed by atoms with Crippen molar-refractivity contribution in [2.75, 3.05) is 45.6 Å². The number of aliphatic carboxylic acids is 2. The Morgan fingerprint density at radius 3 is 2.48 bits per heavy atom. The SMILES string of the molecule is CC1(C)C(c2ccccc2)=CC=CC1(COc1cc(OCc2cncc(S(C)(=O)=O)c2)c(CN2CCCC[C@H]2C(=O)O)cc1Cl)OCCCN1CC(O)C(C(=O)O)C1. The Morgan fingerprint density at radius 1 is 1.00 bits per heavy atom. The quantitative estimate of drug-likeness (QED) is 0.141. The number of rotatable bonds is 17. The molecule has 15 heteroatoms. The number of piperidine rings is 1. The molecular formula is C43H52ClN3O10S. The number of halogens is 1. The third-order valence-corrected chi connectivity index (χ3v) is 12.9. The van der Waals surface area contributed by atoms with E-state index >= 15 is 0 Å². The van der Waals surface area contributed by atoms with Crippen LogP contribution in [0.1, 0.15) is 56.2 Å². The highest BCUT2D eigenvalue weighted by molar-refractivity contribution is 7.90. The van der Waals surface area contributed by atoms with Crippen molar-refractivity contribution in [2.24, 2.45) is 11.3 Å². The van der Waals surface area contributed by atoms with Crippen LogP contribution < -0.4 is 9.47 Å². The molecule has 4 atom stereocenters. The molecule has 0 amide bonds. The number of aromatic nitrogens is 1. The Labute approximate surface area is 344 Å². The van der Waals surface area contributed by atoms with Crippen molar-refractivity contribution in [3.05, 3.63) is 101 Å². The van der Waals surface area contributed by atoms with Crippen molar-refractivity contribution in [3.8, 4) is 11.5 Å². The molecule has 0 saturated carbocycles. The lowest BCUT2D eigenvalue weighted by molar-refractivity contribution is -0.145. The molecule has 3 heterocycles. The maximum Gasteiger partial charge on any atom is 0.320 e. The van der Waals surface area contributed by atoms with Crippen LogP contribution in [0.3, 0.4) is 0 Å². The van der Waals surface area contributed by atoms with E-state index in [4.69, 9.17) is 25.8 Å². The fourth-order valence-corrected chi connectivity index (χ4v) is 8.93. The summed E-state index contributed by atoms with van der Waals surface area (Å²) < 4.78 is 44.3. The molecule has 58 heavy (non-hydrogen) atoms. The second-order valence-electron chi connectivity index (χ2n) is 15.9. The van der Waals surface area contributed by atoms with E-state index in [1.165, 1.54) is 18.5 Å². The second-order valence-corrected chi connectivity index (χ2v) is 18.3. The van der Waals surface area contributed by atoms with Gasteiger partial charge >= 0.3 is 11.9 Å². The van der Waals surface area contributed by atoms with Crippen LogP contribution in [-0.4, -0.2) is 114 Å². The number of nitrogens with zero attached hydrogens (tertiary/aromatic N) is 3. The summed E-state index contributed by atoms with van der Waals surface area (Å²) in [5.74, 6) is -2.02. The van der Waals surface area contributed by atoms with Crippen molar-refractivity contribution in [1.29, 1.82) is 0 Å². The first-order valence-electron chi connectivity index (χ1n) is 19.5. The number of pyridine rings is 1. The first kappa shape index (κ1) is 43.3. The molecule has 0 spiro atoms. The van der Waals surface area contributed by atoms with Crippen molar-refractivity contribution in [3.63, 3.8) is 0 Å². The van der Waals surface area contributed by atoms with Gasteiger partial charge in [-0.15, -0.1) is 0 Å². The van der Waals surface area contributed by atoms with Gasteiger partial charge in [-0.1, -0.05) is 74.4 Å². The maximum atomic E-state index is 12.3. The van der Waals surface area contributed by atoms with Crippen LogP contribution in [0.25, 0.3) is 5.57 Å². The van der Waals surface area contributed by atoms with Crippen LogP contribution in [0.2, 0.25) is 5.02 Å². The number of allylic oxidation sites excluding steroid dienone is 2. The lowest BCUT2D eigenvalue weighted by Crippen LogP contribution is -2.52. The van der Waals surface area contributed by atoms with Crippen molar-refractivity contribution >= 4 is 38.9 Å². The van der Waals surface area contributed by atoms with Crippen LogP contribution in [-0.2, 0) is 37.3 Å². The number of likely N-dealkylation sites (tertiary alicyclic amines) is 2. The lowest BCUT2D eigenvalue weighted by Gasteiger charge is -2.47. The topological polar surface area (TPSA) is 176 Å². The monoisotopic (exact) mass is 837 g/mol. The zero-order chi connectivity index (χ0) is 41.7. The number of ether oxygens (including phenoxy) is 3. The standard InChI is InChI=1S/C43H52ClN3O10S/c1-42(2)34(30-11-5-4-6-12-30)13-9-15-43(42,57-18-10-16-46-25-33(40(49)50)37(48)26-46)28-56-39-21-38(55-27-29-19-32(23-45-22-29)58(3,53)54)31(20-35(39)44)24-47-17-8-7-14-36(47)41(51)52/h4-6,9,11-13,15,19-23,33,36-37,48H,7-8,10,14,16-18,24-28H2,1-3H3,(H,49,50)(H,51,52)/t33?,36-,37?,43?/m0/s1. The van der Waals surface area contributed by atoms with E-state index in [1.54, 1.807) is 12.1 Å². The van der Waals surface area contributed by atoms with Gasteiger partial charge < -0.3 is 29.5 Å². The van der Waals surface area contributed by atoms with Gasteiger partial charge in [-0.05, 0) is 55.2 Å². The Balaban J connectivity index is 1.28. The van der Waals surface area contributed by atoms with E-state index < -0.39 is 50.9 Å². The van der Waals surface area contributed by atoms with Gasteiger partial charge in [0.05, 0.1) is 21.9 Å². The molecule has 312 valence electrons. The number of aliphatic hydroxyl groups excluding tert-OH is 1. The first-order chi connectivity index (χ1) is 27.6. The third-order valence-electron chi connectivity index (χ3n) is 11.5. The minimum atomic E-state index is -3.51. The fourth-order valence-electron chi connectivity index (χ4n) is 8.07. The average Bonchev–Trinajstić information content (AvgIpc) is 3.57. The number of hydrogen-bond donors (Lipinski definition) is 3. The number of carbonyl (C=O) groups is 2. The van der Waals surface area contributed by atoms with Crippen molar-refractivity contribution < 1.29 is 47.5 Å². The molecule has 1 aromatic heterocycles. The van der Waals surface area contributed by atoms with Crippen LogP contribution in [0.5, 0.6) is 11.5 Å². The van der Waals surface area contributed by atoms with Crippen LogP contribution in [0, 0.1) is 11.3 Å². The van der Waals surface area contributed by atoms with E-state index in [0.717, 1.165) is 30.2 Å². The van der Waals surface area contributed by atoms with Crippen LogP contribution in [0.15, 0.2) is 84.0 Å². The molecule has 3 unspecified atom stereocenters. The normalized spacial score (nSPS) is 23.7. The molecule has 2 aromatic carbocycles. The molecular weight excluding hydrogens is 786 g/mol. The molecule has 6 rings (SSSR count). The van der Waals surface area contributed by atoms with E-state index in [-0.39, 0.29) is 37.7 Å². The number of aliphatic hydroxyl groups is 1. The lowest BCUT2D eigenvalue weighted by atomic mass is 9.65. The Kier molecular flexibility index (Phi) is 13.7. The highest BCUT2D eigenvalue weighted by Crippen LogP contribution is 2.49. The average molecular weight is 838 g/mol. The summed E-state index contributed by atoms with van der Waals surface area (Å²) in [6, 6.07) is 14.3. The Hall–Kier alpha value is -4.31. The van der Waals surface area contributed by atoms with E-state index in [1.807, 2.05) is 52.3 Å². The molecule has 13 nitrogen and oxygen atoms in total. The van der Waals surface area contributed by atoms with Crippen LogP contribution in [0.4, 0.5) is 0 Å². The van der Waals surface area contributed by atoms with Gasteiger partial charge in [0.1, 0.15) is 36.4 Å². The highest BCUT2D eigenvalue weighted by Gasteiger charge is 2.49. The molecule has 1 aliphatic carbocycles. The summed E-state index contributed by atoms with van der Waals surface area (Å²) in [6.45, 7) is 6.45. The van der Waals surface area contributed by atoms with Crippen molar-refractivity contribution in [1.82, 2.24) is 14.8 Å². The largest absolute Gasteiger partial charge is 0.488 e. The highest BCUT2D eigenvalue weighted by atomic mass is 35.5. The molecule has 0 bridgehead atoms. The third kappa shape index (κ3) is 9.92. The summed E-state index contributed by atoms with van der Waals surface area (Å²) in [7, 11) is -3.51. The maximum absolute atomic E-state index is 12.3. The zero-order valence-corrected chi connectivity index (χ0v) is 34.6. The predicted molar refractivity (Wildman–Crippen MR) is 219 cm³/mol. The van der Waals surface area contributed by atoms with E-state index in [2.05, 4.69) is 24.9 Å². The molecule has 2 saturated heterocycles. The number of hydrogen-bond acceptors (Lipinski definition) is 11. The summed E-state index contributed by atoms with van der Waals surface area (Å²) in [5, 5.41) is 30.0. The van der Waals surface area contributed by atoms with E-state index in [9.17, 15) is 33.3 Å². The smallest absolute Gasteiger partial charge is 0.320 e. The molecule has 0 radical (unpaired) electrons. The van der Waals surface area contributed by atoms with Crippen molar-refractivity contribution in [2.45, 2.75) is 75.3 Å². The zero-order valence-electron chi connectivity index (χ0n) is 33.1. The molecule has 3 aromatic rings. The Bertz CT molecular complexity index is 2130. The molecule has 2 aliphatic heterocycles. The van der Waals surface area contributed by atoms with Crippen LogP contribution >= 0.6 is 11.6 Å². The Morgan fingerprint density at radius 2 is 1.78 bits per heavy atom. The molecule has 2 fully saturated rings. The number of carboxylic acids is 2. The number of sulfone groups is 1. The predicted octanol–water partition coefficient (Wildman–Crippen LogP) is 5.74. The summed E-state index contributed by atoms with van der Waals surface area (Å²) >= 11 is 6.98. The van der Waals surface area contributed by atoms with Gasteiger partial charge in [0.2, 0.25) is 0 Å². The van der Waals surface area contributed by atoms with Gasteiger partial charge in [0.25, 0.3) is 0 Å². The fraction of sp³-hybridized carbons (Fsp3) is 0.465. The molecule has 3 aliphatic rings.